The molecule has 2 aromatic rings. The van der Waals surface area contributed by atoms with Gasteiger partial charge < -0.3 is 9.64 Å². The summed E-state index contributed by atoms with van der Waals surface area (Å²) in [6, 6.07) is 12.1. The van der Waals surface area contributed by atoms with Crippen molar-refractivity contribution < 1.29 is 4.74 Å². The summed E-state index contributed by atoms with van der Waals surface area (Å²) in [5.74, 6) is 0.944. The zero-order valence-corrected chi connectivity index (χ0v) is 16.7. The average molecular weight is 404 g/mol. The van der Waals surface area contributed by atoms with Crippen molar-refractivity contribution in [1.29, 1.82) is 0 Å². The lowest BCUT2D eigenvalue weighted by Gasteiger charge is -2.36. The quantitative estimate of drug-likeness (QED) is 0.663. The predicted molar refractivity (Wildman–Crippen MR) is 113 cm³/mol. The number of nitrogens with zero attached hydrogens (tertiary/aromatic N) is 3. The number of fused-ring (bicyclic) bond motifs is 1. The molecule has 4 nitrogen and oxygen atoms in total. The Morgan fingerprint density at radius 1 is 1.04 bits per heavy atom. The van der Waals surface area contributed by atoms with Crippen LogP contribution in [0.1, 0.15) is 17.5 Å². The van der Waals surface area contributed by atoms with Gasteiger partial charge in [0.05, 0.1) is 28.9 Å². The molecule has 6 heteroatoms. The van der Waals surface area contributed by atoms with E-state index in [9.17, 15) is 0 Å². The molecule has 2 aliphatic heterocycles. The van der Waals surface area contributed by atoms with E-state index in [1.165, 1.54) is 11.1 Å². The molecule has 1 fully saturated rings. The highest BCUT2D eigenvalue weighted by Crippen LogP contribution is 2.32. The first-order valence-corrected chi connectivity index (χ1v) is 10.1. The summed E-state index contributed by atoms with van der Waals surface area (Å²) >= 11 is 12.5. The van der Waals surface area contributed by atoms with Gasteiger partial charge in [0.1, 0.15) is 5.75 Å². The third-order valence-electron chi connectivity index (χ3n) is 5.14. The van der Waals surface area contributed by atoms with Crippen LogP contribution in [-0.2, 0) is 6.54 Å². The number of halogens is 2. The highest BCUT2D eigenvalue weighted by atomic mass is 35.5. The van der Waals surface area contributed by atoms with Crippen molar-refractivity contribution in [3.63, 3.8) is 0 Å². The summed E-state index contributed by atoms with van der Waals surface area (Å²) in [6.45, 7) is 6.54. The minimum atomic E-state index is 0.617. The van der Waals surface area contributed by atoms with Gasteiger partial charge in [0.25, 0.3) is 0 Å². The van der Waals surface area contributed by atoms with E-state index >= 15 is 0 Å². The smallest absolute Gasteiger partial charge is 0.119 e. The number of anilines is 1. The van der Waals surface area contributed by atoms with Crippen LogP contribution < -0.4 is 9.64 Å². The number of piperazine rings is 1. The van der Waals surface area contributed by atoms with Crippen molar-refractivity contribution in [2.75, 3.05) is 44.2 Å². The first-order chi connectivity index (χ1) is 13.2. The molecule has 142 valence electrons. The van der Waals surface area contributed by atoms with Crippen LogP contribution in [0.4, 0.5) is 5.69 Å². The third-order valence-corrected chi connectivity index (χ3v) is 5.95. The van der Waals surface area contributed by atoms with E-state index in [1.807, 2.05) is 30.5 Å². The summed E-state index contributed by atoms with van der Waals surface area (Å²) < 4.78 is 5.92. The van der Waals surface area contributed by atoms with Gasteiger partial charge in [0, 0.05) is 38.9 Å². The summed E-state index contributed by atoms with van der Waals surface area (Å²) in [5, 5.41) is 1.27. The maximum absolute atomic E-state index is 6.35. The second-order valence-electron chi connectivity index (χ2n) is 6.93. The fourth-order valence-electron chi connectivity index (χ4n) is 3.60. The van der Waals surface area contributed by atoms with Gasteiger partial charge in [-0.3, -0.25) is 9.89 Å². The van der Waals surface area contributed by atoms with Gasteiger partial charge in [-0.15, -0.1) is 0 Å². The van der Waals surface area contributed by atoms with E-state index in [1.54, 1.807) is 0 Å². The van der Waals surface area contributed by atoms with Crippen LogP contribution >= 0.6 is 23.2 Å². The molecule has 0 unspecified atom stereocenters. The number of ether oxygens (including phenoxy) is 1. The van der Waals surface area contributed by atoms with Gasteiger partial charge >= 0.3 is 0 Å². The zero-order chi connectivity index (χ0) is 18.6. The van der Waals surface area contributed by atoms with Crippen LogP contribution in [0.2, 0.25) is 10.0 Å². The third kappa shape index (κ3) is 4.40. The zero-order valence-electron chi connectivity index (χ0n) is 15.2. The monoisotopic (exact) mass is 403 g/mol. The molecule has 27 heavy (non-hydrogen) atoms. The fraction of sp³-hybridized carbons (Fsp3) is 0.381. The second-order valence-corrected chi connectivity index (χ2v) is 7.72. The van der Waals surface area contributed by atoms with Gasteiger partial charge in [-0.2, -0.15) is 0 Å². The van der Waals surface area contributed by atoms with E-state index in [-0.39, 0.29) is 0 Å². The lowest BCUT2D eigenvalue weighted by Crippen LogP contribution is -2.46. The maximum Gasteiger partial charge on any atom is 0.119 e. The molecule has 0 atom stereocenters. The first kappa shape index (κ1) is 18.6. The Hall–Kier alpha value is -1.75. The number of hydrogen-bond acceptors (Lipinski definition) is 4. The summed E-state index contributed by atoms with van der Waals surface area (Å²) in [7, 11) is 0. The van der Waals surface area contributed by atoms with Crippen molar-refractivity contribution >= 4 is 35.1 Å². The molecule has 0 saturated carbocycles. The molecule has 0 amide bonds. The topological polar surface area (TPSA) is 28.1 Å². The molecule has 2 aliphatic rings. The van der Waals surface area contributed by atoms with Crippen LogP contribution in [-0.4, -0.2) is 50.4 Å². The molecule has 0 N–H and O–H groups in total. The molecule has 0 aliphatic carbocycles. The average Bonchev–Trinajstić information content (AvgIpc) is 3.16. The molecule has 2 aromatic carbocycles. The Balaban J connectivity index is 1.19. The van der Waals surface area contributed by atoms with Crippen molar-refractivity contribution in [3.05, 3.63) is 57.6 Å². The standard InChI is InChI=1S/C21H23Cl2N3O/c22-19-3-1-4-20(21(19)23)26-10-8-25(9-11-26)7-2-12-27-18-6-5-16-14-24-15-17(16)13-18/h1,3-6,13-14H,2,7-12,15H2. The predicted octanol–water partition coefficient (Wildman–Crippen LogP) is 4.52. The molecule has 1 saturated heterocycles. The van der Waals surface area contributed by atoms with E-state index in [0.29, 0.717) is 10.0 Å². The first-order valence-electron chi connectivity index (χ1n) is 9.37. The van der Waals surface area contributed by atoms with Gasteiger partial charge in [-0.05, 0) is 47.9 Å². The van der Waals surface area contributed by atoms with Gasteiger partial charge in [-0.25, -0.2) is 0 Å². The van der Waals surface area contributed by atoms with Crippen LogP contribution in [0.25, 0.3) is 0 Å². The molecule has 2 heterocycles. The van der Waals surface area contributed by atoms with Crippen molar-refractivity contribution in [2.45, 2.75) is 13.0 Å². The van der Waals surface area contributed by atoms with E-state index < -0.39 is 0 Å². The molecular formula is C21H23Cl2N3O. The Bertz CT molecular complexity index is 832. The molecular weight excluding hydrogens is 381 g/mol. The normalized spacial score (nSPS) is 16.6. The number of benzene rings is 2. The SMILES string of the molecule is Clc1cccc(N2CCN(CCCOc3ccc4c(c3)CN=C4)CC2)c1Cl. The lowest BCUT2D eigenvalue weighted by atomic mass is 10.1. The molecule has 4 rings (SSSR count). The minimum absolute atomic E-state index is 0.617. The molecule has 0 bridgehead atoms. The Labute approximate surface area is 170 Å². The highest BCUT2D eigenvalue weighted by Gasteiger charge is 2.19. The maximum atomic E-state index is 6.35. The summed E-state index contributed by atoms with van der Waals surface area (Å²) in [5.41, 5.74) is 3.50. The fourth-order valence-corrected chi connectivity index (χ4v) is 4.02. The van der Waals surface area contributed by atoms with Crippen molar-refractivity contribution in [3.8, 4) is 5.75 Å². The summed E-state index contributed by atoms with van der Waals surface area (Å²) in [4.78, 5) is 9.08. The van der Waals surface area contributed by atoms with Crippen LogP contribution in [0.5, 0.6) is 5.75 Å². The van der Waals surface area contributed by atoms with E-state index in [2.05, 4.69) is 26.9 Å². The van der Waals surface area contributed by atoms with E-state index in [4.69, 9.17) is 27.9 Å². The number of rotatable bonds is 6. The molecule has 0 radical (unpaired) electrons. The Morgan fingerprint density at radius 2 is 1.89 bits per heavy atom. The van der Waals surface area contributed by atoms with Crippen LogP contribution in [0.3, 0.4) is 0 Å². The van der Waals surface area contributed by atoms with Crippen LogP contribution in [0, 0.1) is 0 Å². The molecule has 0 spiro atoms. The van der Waals surface area contributed by atoms with Crippen molar-refractivity contribution in [1.82, 2.24) is 4.90 Å². The van der Waals surface area contributed by atoms with Gasteiger partial charge in [-0.1, -0.05) is 29.3 Å². The second kappa shape index (κ2) is 8.51. The Kier molecular flexibility index (Phi) is 5.86. The van der Waals surface area contributed by atoms with Crippen molar-refractivity contribution in [2.24, 2.45) is 4.99 Å². The Morgan fingerprint density at radius 3 is 2.74 bits per heavy atom. The molecule has 0 aromatic heterocycles. The van der Waals surface area contributed by atoms with E-state index in [0.717, 1.165) is 63.7 Å². The number of hydrogen-bond donors (Lipinski definition) is 0. The largest absolute Gasteiger partial charge is 0.494 e. The summed E-state index contributed by atoms with van der Waals surface area (Å²) in [6.07, 6.45) is 2.95. The highest BCUT2D eigenvalue weighted by molar-refractivity contribution is 6.43. The minimum Gasteiger partial charge on any atom is -0.494 e. The lowest BCUT2D eigenvalue weighted by molar-refractivity contribution is 0.224. The van der Waals surface area contributed by atoms with Gasteiger partial charge in [0.15, 0.2) is 0 Å². The number of aliphatic imine (C=N–C) groups is 1. The van der Waals surface area contributed by atoms with Crippen LogP contribution in [0.15, 0.2) is 41.4 Å². The van der Waals surface area contributed by atoms with Gasteiger partial charge in [0.2, 0.25) is 0 Å².